The summed E-state index contributed by atoms with van der Waals surface area (Å²) in [5.74, 6) is -2.31. The predicted molar refractivity (Wildman–Crippen MR) is 91.5 cm³/mol. The Hall–Kier alpha value is -3.43. The van der Waals surface area contributed by atoms with Crippen molar-refractivity contribution in [1.82, 2.24) is 0 Å². The zero-order valence-electron chi connectivity index (χ0n) is 14.8. The van der Waals surface area contributed by atoms with Crippen molar-refractivity contribution in [2.24, 2.45) is 0 Å². The van der Waals surface area contributed by atoms with Crippen molar-refractivity contribution in [2.75, 3.05) is 26.1 Å². The Labute approximate surface area is 158 Å². The molecule has 0 atom stereocenters. The highest BCUT2D eigenvalue weighted by atomic mass is 19.3. The van der Waals surface area contributed by atoms with Gasteiger partial charge in [0.25, 0.3) is 5.91 Å². The monoisotopic (exact) mass is 399 g/mol. The molecule has 0 aliphatic carbocycles. The van der Waals surface area contributed by atoms with E-state index in [1.165, 1.54) is 19.2 Å². The molecule has 1 N–H and O–H groups in total. The quantitative estimate of drug-likeness (QED) is 0.687. The molecule has 0 fully saturated rings. The first-order chi connectivity index (χ1) is 13.3. The van der Waals surface area contributed by atoms with Crippen molar-refractivity contribution in [1.29, 1.82) is 0 Å². The maximum Gasteiger partial charge on any atom is 0.387 e. The molecule has 0 heterocycles. The van der Waals surface area contributed by atoms with Crippen molar-refractivity contribution in [3.63, 3.8) is 0 Å². The van der Waals surface area contributed by atoms with Crippen molar-refractivity contribution in [3.05, 3.63) is 47.8 Å². The van der Waals surface area contributed by atoms with Gasteiger partial charge >= 0.3 is 12.6 Å². The average molecular weight is 399 g/mol. The van der Waals surface area contributed by atoms with Crippen LogP contribution in [0, 0.1) is 5.82 Å². The lowest BCUT2D eigenvalue weighted by molar-refractivity contribution is -0.118. The summed E-state index contributed by atoms with van der Waals surface area (Å²) in [5.41, 5.74) is -0.285. The van der Waals surface area contributed by atoms with Crippen LogP contribution in [0.4, 0.5) is 18.9 Å². The highest BCUT2D eigenvalue weighted by molar-refractivity contribution is 6.02. The third-order valence-corrected chi connectivity index (χ3v) is 3.38. The summed E-state index contributed by atoms with van der Waals surface area (Å²) in [4.78, 5) is 24.1. The molecule has 0 aliphatic rings. The molecule has 0 spiro atoms. The third-order valence-electron chi connectivity index (χ3n) is 3.38. The Balaban J connectivity index is 2.21. The number of hydrogen-bond donors (Lipinski definition) is 1. The third kappa shape index (κ3) is 5.53. The zero-order chi connectivity index (χ0) is 20.7. The summed E-state index contributed by atoms with van der Waals surface area (Å²) in [5, 5.41) is 2.35. The number of halogens is 3. The molecule has 1 amide bonds. The van der Waals surface area contributed by atoms with Crippen LogP contribution in [0.1, 0.15) is 10.4 Å². The summed E-state index contributed by atoms with van der Waals surface area (Å²) in [6.45, 7) is -3.63. The second-order valence-electron chi connectivity index (χ2n) is 5.21. The molecule has 0 unspecified atom stereocenters. The first kappa shape index (κ1) is 20.9. The van der Waals surface area contributed by atoms with Crippen LogP contribution in [0.15, 0.2) is 36.4 Å². The standard InChI is InChI=1S/C18H16F3NO6/c1-25-14-7-12(17(24)26-2)13(8-15(14)28-18(20)21)22-16(23)9-27-11-5-3-10(19)4-6-11/h3-8,18H,9H2,1-2H3,(H,22,23). The van der Waals surface area contributed by atoms with Crippen LogP contribution in [0.25, 0.3) is 0 Å². The molecule has 28 heavy (non-hydrogen) atoms. The lowest BCUT2D eigenvalue weighted by Crippen LogP contribution is -2.22. The minimum Gasteiger partial charge on any atom is -0.493 e. The minimum absolute atomic E-state index is 0.143. The molecule has 7 nitrogen and oxygen atoms in total. The summed E-state index contributed by atoms with van der Waals surface area (Å²) in [6.07, 6.45) is 0. The number of carbonyl (C=O) groups is 2. The van der Waals surface area contributed by atoms with E-state index in [-0.39, 0.29) is 28.5 Å². The number of methoxy groups -OCH3 is 2. The van der Waals surface area contributed by atoms with Crippen molar-refractivity contribution < 1.29 is 41.7 Å². The van der Waals surface area contributed by atoms with Gasteiger partial charge in [-0.2, -0.15) is 8.78 Å². The molecule has 2 aromatic carbocycles. The average Bonchev–Trinajstić information content (AvgIpc) is 2.66. The lowest BCUT2D eigenvalue weighted by atomic mass is 10.1. The summed E-state index contributed by atoms with van der Waals surface area (Å²) < 4.78 is 57.1. The fraction of sp³-hybridized carbons (Fsp3) is 0.222. The molecule has 0 aliphatic heterocycles. The van der Waals surface area contributed by atoms with Crippen LogP contribution in [-0.2, 0) is 9.53 Å². The number of alkyl halides is 2. The molecule has 2 aromatic rings. The SMILES string of the molecule is COC(=O)c1cc(OC)c(OC(F)F)cc1NC(=O)COc1ccc(F)cc1. The van der Waals surface area contributed by atoms with Crippen LogP contribution in [-0.4, -0.2) is 39.3 Å². The van der Waals surface area contributed by atoms with E-state index in [0.717, 1.165) is 31.4 Å². The minimum atomic E-state index is -3.15. The molecule has 10 heteroatoms. The predicted octanol–water partition coefficient (Wildman–Crippen LogP) is 3.24. The second-order valence-corrected chi connectivity index (χ2v) is 5.21. The largest absolute Gasteiger partial charge is 0.493 e. The molecule has 0 saturated carbocycles. The van der Waals surface area contributed by atoms with Crippen LogP contribution in [0.3, 0.4) is 0 Å². The van der Waals surface area contributed by atoms with E-state index in [1.54, 1.807) is 0 Å². The van der Waals surface area contributed by atoms with Gasteiger partial charge in [0.2, 0.25) is 0 Å². The smallest absolute Gasteiger partial charge is 0.387 e. The van der Waals surface area contributed by atoms with E-state index < -0.39 is 30.9 Å². The van der Waals surface area contributed by atoms with E-state index in [1.807, 2.05) is 0 Å². The number of rotatable bonds is 8. The number of hydrogen-bond acceptors (Lipinski definition) is 6. The molecule has 0 aromatic heterocycles. The molecule has 0 radical (unpaired) electrons. The molecule has 0 bridgehead atoms. The van der Waals surface area contributed by atoms with Crippen LogP contribution < -0.4 is 19.5 Å². The van der Waals surface area contributed by atoms with Gasteiger partial charge in [-0.05, 0) is 24.3 Å². The number of ether oxygens (including phenoxy) is 4. The molecular weight excluding hydrogens is 383 g/mol. The number of carbonyl (C=O) groups excluding carboxylic acids is 2. The van der Waals surface area contributed by atoms with E-state index in [4.69, 9.17) is 9.47 Å². The Morgan fingerprint density at radius 1 is 1.07 bits per heavy atom. The van der Waals surface area contributed by atoms with Gasteiger partial charge in [-0.1, -0.05) is 0 Å². The van der Waals surface area contributed by atoms with Crippen molar-refractivity contribution in [2.45, 2.75) is 6.61 Å². The van der Waals surface area contributed by atoms with Gasteiger partial charge in [-0.25, -0.2) is 9.18 Å². The second kappa shape index (κ2) is 9.49. The maximum absolute atomic E-state index is 12.9. The summed E-state index contributed by atoms with van der Waals surface area (Å²) >= 11 is 0. The van der Waals surface area contributed by atoms with Gasteiger partial charge in [-0.3, -0.25) is 4.79 Å². The normalized spacial score (nSPS) is 10.4. The Morgan fingerprint density at radius 3 is 2.32 bits per heavy atom. The van der Waals surface area contributed by atoms with Crippen LogP contribution in [0.5, 0.6) is 17.2 Å². The Kier molecular flexibility index (Phi) is 7.08. The van der Waals surface area contributed by atoms with Gasteiger partial charge in [0.1, 0.15) is 11.6 Å². The molecule has 2 rings (SSSR count). The maximum atomic E-state index is 12.9. The highest BCUT2D eigenvalue weighted by Gasteiger charge is 2.21. The Bertz CT molecular complexity index is 842. The molecular formula is C18H16F3NO6. The van der Waals surface area contributed by atoms with Gasteiger partial charge in [0.05, 0.1) is 25.5 Å². The topological polar surface area (TPSA) is 83.1 Å². The zero-order valence-corrected chi connectivity index (χ0v) is 14.8. The van der Waals surface area contributed by atoms with Gasteiger partial charge in [0, 0.05) is 12.1 Å². The van der Waals surface area contributed by atoms with Crippen LogP contribution >= 0.6 is 0 Å². The van der Waals surface area contributed by atoms with Gasteiger partial charge in [-0.15, -0.1) is 0 Å². The van der Waals surface area contributed by atoms with Crippen LogP contribution in [0.2, 0.25) is 0 Å². The van der Waals surface area contributed by atoms with E-state index >= 15 is 0 Å². The molecule has 150 valence electrons. The fourth-order valence-electron chi connectivity index (χ4n) is 2.16. The first-order valence-electron chi connectivity index (χ1n) is 7.77. The van der Waals surface area contributed by atoms with E-state index in [2.05, 4.69) is 14.8 Å². The van der Waals surface area contributed by atoms with E-state index in [9.17, 15) is 22.8 Å². The summed E-state index contributed by atoms with van der Waals surface area (Å²) in [7, 11) is 2.31. The molecule has 0 saturated heterocycles. The van der Waals surface area contributed by atoms with Crippen molar-refractivity contribution in [3.8, 4) is 17.2 Å². The van der Waals surface area contributed by atoms with Crippen molar-refractivity contribution >= 4 is 17.6 Å². The Morgan fingerprint density at radius 2 is 1.75 bits per heavy atom. The lowest BCUT2D eigenvalue weighted by Gasteiger charge is -2.15. The first-order valence-corrected chi connectivity index (χ1v) is 7.77. The summed E-state index contributed by atoms with van der Waals surface area (Å²) in [6, 6.07) is 7.06. The van der Waals surface area contributed by atoms with E-state index in [0.29, 0.717) is 0 Å². The number of nitrogens with one attached hydrogen (secondary N) is 1. The highest BCUT2D eigenvalue weighted by Crippen LogP contribution is 2.35. The number of benzene rings is 2. The number of anilines is 1. The van der Waals surface area contributed by atoms with Gasteiger partial charge < -0.3 is 24.3 Å². The van der Waals surface area contributed by atoms with Gasteiger partial charge in [0.15, 0.2) is 18.1 Å². The number of esters is 1. The number of amides is 1. The fourth-order valence-corrected chi connectivity index (χ4v) is 2.16.